The molecule has 2 N–H and O–H groups in total. The number of pyridine rings is 1. The van der Waals surface area contributed by atoms with E-state index in [-0.39, 0.29) is 17.4 Å². The number of nitrogens with one attached hydrogen (secondary N) is 1. The van der Waals surface area contributed by atoms with Crippen molar-refractivity contribution in [3.63, 3.8) is 0 Å². The molecule has 0 spiro atoms. The van der Waals surface area contributed by atoms with Crippen molar-refractivity contribution in [2.24, 2.45) is 0 Å². The Bertz CT molecular complexity index is 785. The van der Waals surface area contributed by atoms with Gasteiger partial charge in [0.15, 0.2) is 11.4 Å². The van der Waals surface area contributed by atoms with E-state index in [1.807, 2.05) is 13.8 Å². The van der Waals surface area contributed by atoms with Gasteiger partial charge in [-0.25, -0.2) is 9.78 Å². The Morgan fingerprint density at radius 2 is 1.92 bits per heavy atom. The van der Waals surface area contributed by atoms with E-state index in [0.29, 0.717) is 17.0 Å². The summed E-state index contributed by atoms with van der Waals surface area (Å²) < 4.78 is 5.60. The number of hydrogen-bond acceptors (Lipinski definition) is 4. The molecule has 0 saturated heterocycles. The molecule has 0 unspecified atom stereocenters. The van der Waals surface area contributed by atoms with E-state index in [9.17, 15) is 14.7 Å². The first-order valence-corrected chi connectivity index (χ1v) is 7.57. The topological polar surface area (TPSA) is 88.5 Å². The van der Waals surface area contributed by atoms with Crippen LogP contribution in [-0.2, 0) is 0 Å². The molecule has 0 radical (unpaired) electrons. The Balaban J connectivity index is 2.34. The normalized spacial score (nSPS) is 10.5. The number of carbonyl (C=O) groups excluding carboxylic acids is 1. The summed E-state index contributed by atoms with van der Waals surface area (Å²) in [7, 11) is 0. The lowest BCUT2D eigenvalue weighted by Crippen LogP contribution is -2.18. The van der Waals surface area contributed by atoms with Gasteiger partial charge in [0.05, 0.1) is 11.7 Å². The monoisotopic (exact) mass is 328 g/mol. The van der Waals surface area contributed by atoms with Crippen molar-refractivity contribution in [3.05, 3.63) is 52.8 Å². The zero-order chi connectivity index (χ0) is 17.9. The molecule has 1 amide bonds. The van der Waals surface area contributed by atoms with Gasteiger partial charge in [-0.1, -0.05) is 6.07 Å². The van der Waals surface area contributed by atoms with Crippen LogP contribution >= 0.6 is 0 Å². The Morgan fingerprint density at radius 3 is 2.54 bits per heavy atom. The molecule has 6 heteroatoms. The van der Waals surface area contributed by atoms with Crippen LogP contribution in [0.15, 0.2) is 30.5 Å². The van der Waals surface area contributed by atoms with Gasteiger partial charge in [0, 0.05) is 11.9 Å². The summed E-state index contributed by atoms with van der Waals surface area (Å²) in [5.41, 5.74) is 2.15. The van der Waals surface area contributed by atoms with Crippen LogP contribution in [0.3, 0.4) is 0 Å². The highest BCUT2D eigenvalue weighted by molar-refractivity contribution is 6.05. The molecule has 24 heavy (non-hydrogen) atoms. The van der Waals surface area contributed by atoms with Crippen molar-refractivity contribution in [2.45, 2.75) is 33.8 Å². The molecule has 0 aliphatic heterocycles. The Labute approximate surface area is 140 Å². The summed E-state index contributed by atoms with van der Waals surface area (Å²) in [6.45, 7) is 7.24. The van der Waals surface area contributed by atoms with Gasteiger partial charge in [-0.3, -0.25) is 4.79 Å². The van der Waals surface area contributed by atoms with E-state index in [0.717, 1.165) is 5.56 Å². The van der Waals surface area contributed by atoms with Crippen LogP contribution in [0.5, 0.6) is 5.75 Å². The largest absolute Gasteiger partial charge is 0.489 e. The first kappa shape index (κ1) is 17.5. The maximum Gasteiger partial charge on any atom is 0.336 e. The van der Waals surface area contributed by atoms with Crippen LogP contribution in [0.25, 0.3) is 0 Å². The van der Waals surface area contributed by atoms with Crippen molar-refractivity contribution in [1.82, 2.24) is 4.98 Å². The highest BCUT2D eigenvalue weighted by Crippen LogP contribution is 2.23. The second-order valence-electron chi connectivity index (χ2n) is 5.76. The molecule has 1 heterocycles. The third-order valence-electron chi connectivity index (χ3n) is 3.40. The van der Waals surface area contributed by atoms with Gasteiger partial charge in [-0.2, -0.15) is 0 Å². The zero-order valence-corrected chi connectivity index (χ0v) is 14.1. The summed E-state index contributed by atoms with van der Waals surface area (Å²) in [6, 6.07) is 6.54. The lowest BCUT2D eigenvalue weighted by atomic mass is 10.0. The maximum absolute atomic E-state index is 12.5. The van der Waals surface area contributed by atoms with Gasteiger partial charge in [-0.15, -0.1) is 0 Å². The van der Waals surface area contributed by atoms with Crippen LogP contribution in [0.4, 0.5) is 5.69 Å². The lowest BCUT2D eigenvalue weighted by molar-refractivity contribution is 0.0695. The Hall–Kier alpha value is -2.89. The molecule has 0 atom stereocenters. The number of rotatable bonds is 5. The van der Waals surface area contributed by atoms with Crippen molar-refractivity contribution < 1.29 is 19.4 Å². The third kappa shape index (κ3) is 3.90. The average Bonchev–Trinajstić information content (AvgIpc) is 2.49. The molecular formula is C18H20N2O4. The van der Waals surface area contributed by atoms with Crippen molar-refractivity contribution in [3.8, 4) is 5.75 Å². The number of hydrogen-bond donors (Lipinski definition) is 2. The van der Waals surface area contributed by atoms with Gasteiger partial charge >= 0.3 is 5.97 Å². The second-order valence-corrected chi connectivity index (χ2v) is 5.76. The van der Waals surface area contributed by atoms with E-state index < -0.39 is 11.9 Å². The van der Waals surface area contributed by atoms with Crippen LogP contribution in [0.2, 0.25) is 0 Å². The minimum atomic E-state index is -1.04. The average molecular weight is 328 g/mol. The molecule has 2 aromatic rings. The smallest absolute Gasteiger partial charge is 0.336 e. The molecule has 0 aliphatic carbocycles. The number of aromatic carboxylic acids is 1. The minimum Gasteiger partial charge on any atom is -0.489 e. The Morgan fingerprint density at radius 1 is 1.21 bits per heavy atom. The summed E-state index contributed by atoms with van der Waals surface area (Å²) in [5.74, 6) is -1.10. The van der Waals surface area contributed by atoms with Crippen LogP contribution in [0.1, 0.15) is 45.8 Å². The molecule has 1 aromatic carbocycles. The molecule has 0 bridgehead atoms. The van der Waals surface area contributed by atoms with Gasteiger partial charge in [0.25, 0.3) is 5.91 Å². The van der Waals surface area contributed by atoms with E-state index >= 15 is 0 Å². The molecule has 6 nitrogen and oxygen atoms in total. The fraction of sp³-hybridized carbons (Fsp3) is 0.278. The number of anilines is 1. The number of ether oxygens (including phenoxy) is 1. The summed E-state index contributed by atoms with van der Waals surface area (Å²) in [4.78, 5) is 27.9. The molecule has 0 saturated carbocycles. The maximum atomic E-state index is 12.5. The van der Waals surface area contributed by atoms with Crippen molar-refractivity contribution >= 4 is 17.6 Å². The lowest BCUT2D eigenvalue weighted by Gasteiger charge is -2.14. The first-order chi connectivity index (χ1) is 11.3. The summed E-state index contributed by atoms with van der Waals surface area (Å²) >= 11 is 0. The Kier molecular flexibility index (Phi) is 5.18. The highest BCUT2D eigenvalue weighted by atomic mass is 16.5. The standard InChI is InChI=1S/C18H20N2O4/c1-10(2)24-15-6-5-7-19-16(15)17(21)20-14-9-13(18(22)23)11(3)8-12(14)4/h5-10H,1-4H3,(H,20,21)(H,22,23). The van der Waals surface area contributed by atoms with E-state index in [1.54, 1.807) is 32.0 Å². The van der Waals surface area contributed by atoms with E-state index in [2.05, 4.69) is 10.3 Å². The van der Waals surface area contributed by atoms with Gasteiger partial charge in [0.1, 0.15) is 0 Å². The van der Waals surface area contributed by atoms with Crippen LogP contribution in [-0.4, -0.2) is 28.1 Å². The predicted octanol–water partition coefficient (Wildman–Crippen LogP) is 3.44. The van der Waals surface area contributed by atoms with Crippen molar-refractivity contribution in [2.75, 3.05) is 5.32 Å². The molecular weight excluding hydrogens is 308 g/mol. The minimum absolute atomic E-state index is 0.0968. The fourth-order valence-corrected chi connectivity index (χ4v) is 2.31. The number of carboxylic acids is 1. The van der Waals surface area contributed by atoms with Gasteiger partial charge in [-0.05, 0) is 57.0 Å². The number of nitrogens with zero attached hydrogens (tertiary/aromatic N) is 1. The molecule has 0 aliphatic rings. The number of amides is 1. The molecule has 1 aromatic heterocycles. The number of carbonyl (C=O) groups is 2. The summed E-state index contributed by atoms with van der Waals surface area (Å²) in [6.07, 6.45) is 1.41. The zero-order valence-electron chi connectivity index (χ0n) is 14.1. The summed E-state index contributed by atoms with van der Waals surface area (Å²) in [5, 5.41) is 11.9. The number of benzene rings is 1. The first-order valence-electron chi connectivity index (χ1n) is 7.57. The molecule has 126 valence electrons. The van der Waals surface area contributed by atoms with E-state index in [1.165, 1.54) is 12.3 Å². The van der Waals surface area contributed by atoms with Gasteiger partial charge < -0.3 is 15.2 Å². The fourth-order valence-electron chi connectivity index (χ4n) is 2.31. The highest BCUT2D eigenvalue weighted by Gasteiger charge is 2.17. The van der Waals surface area contributed by atoms with Gasteiger partial charge in [0.2, 0.25) is 0 Å². The third-order valence-corrected chi connectivity index (χ3v) is 3.40. The molecule has 2 rings (SSSR count). The van der Waals surface area contributed by atoms with Crippen LogP contribution < -0.4 is 10.1 Å². The SMILES string of the molecule is Cc1cc(C)c(C(=O)O)cc1NC(=O)c1ncccc1OC(C)C. The number of aromatic nitrogens is 1. The second kappa shape index (κ2) is 7.12. The predicted molar refractivity (Wildman–Crippen MR) is 90.8 cm³/mol. The number of carboxylic acid groups (broad SMARTS) is 1. The number of aryl methyl sites for hydroxylation is 2. The molecule has 0 fully saturated rings. The quantitative estimate of drug-likeness (QED) is 0.878. The van der Waals surface area contributed by atoms with Crippen LogP contribution in [0, 0.1) is 13.8 Å². The van der Waals surface area contributed by atoms with Crippen molar-refractivity contribution in [1.29, 1.82) is 0 Å². The van der Waals surface area contributed by atoms with E-state index in [4.69, 9.17) is 4.74 Å².